The average molecular weight is 751 g/mol. The van der Waals surface area contributed by atoms with Gasteiger partial charge in [0.15, 0.2) is 17.5 Å². The Kier molecular flexibility index (Phi) is 7.50. The smallest absolute Gasteiger partial charge is 0.164 e. The van der Waals surface area contributed by atoms with Crippen LogP contribution in [0.1, 0.15) is 0 Å². The topological polar surface area (TPSA) is 43.6 Å². The quantitative estimate of drug-likeness (QED) is 0.130. The van der Waals surface area contributed by atoms with E-state index in [0.717, 1.165) is 49.6 Å². The van der Waals surface area contributed by atoms with Crippen LogP contribution < -0.4 is 0 Å². The highest BCUT2D eigenvalue weighted by Crippen LogP contribution is 2.44. The largest absolute Gasteiger partial charge is 0.309 e. The predicted molar refractivity (Wildman–Crippen MR) is 246 cm³/mol. The summed E-state index contributed by atoms with van der Waals surface area (Å²) >= 11 is 0. The van der Waals surface area contributed by atoms with Crippen molar-refractivity contribution in [2.24, 2.45) is 0 Å². The van der Waals surface area contributed by atoms with E-state index in [-0.39, 0.29) is 0 Å². The van der Waals surface area contributed by atoms with Gasteiger partial charge in [-0.3, -0.25) is 0 Å². The monoisotopic (exact) mass is 750 g/mol. The molecule has 4 heteroatoms. The molecule has 10 aromatic carbocycles. The second-order valence-electron chi connectivity index (χ2n) is 15.2. The predicted octanol–water partition coefficient (Wildman–Crippen LogP) is 14.2. The van der Waals surface area contributed by atoms with Crippen LogP contribution in [0.4, 0.5) is 0 Å². The number of nitrogens with zero attached hydrogens (tertiary/aromatic N) is 4. The molecule has 0 radical (unpaired) electrons. The molecule has 4 nitrogen and oxygen atoms in total. The Labute approximate surface area is 340 Å². The molecule has 0 aliphatic heterocycles. The second-order valence-corrected chi connectivity index (χ2v) is 15.2. The van der Waals surface area contributed by atoms with Crippen LogP contribution >= 0.6 is 0 Å². The van der Waals surface area contributed by atoms with E-state index in [4.69, 9.17) is 15.0 Å². The number of hydrogen-bond acceptors (Lipinski definition) is 3. The minimum absolute atomic E-state index is 0.632. The Hall–Kier alpha value is -7.95. The third-order valence-corrected chi connectivity index (χ3v) is 11.8. The van der Waals surface area contributed by atoms with Crippen molar-refractivity contribution in [3.63, 3.8) is 0 Å². The molecular weight excluding hydrogens is 717 g/mol. The van der Waals surface area contributed by atoms with Gasteiger partial charge in [-0.1, -0.05) is 158 Å². The van der Waals surface area contributed by atoms with E-state index < -0.39 is 0 Å². The molecule has 0 spiro atoms. The first-order valence-electron chi connectivity index (χ1n) is 20.0. The van der Waals surface area contributed by atoms with Gasteiger partial charge in [-0.05, 0) is 103 Å². The van der Waals surface area contributed by atoms with E-state index in [1.54, 1.807) is 0 Å². The van der Waals surface area contributed by atoms with Gasteiger partial charge in [0.2, 0.25) is 0 Å². The van der Waals surface area contributed by atoms with Crippen molar-refractivity contribution in [2.75, 3.05) is 0 Å². The lowest BCUT2D eigenvalue weighted by atomic mass is 9.87. The molecule has 0 atom stereocenters. The molecule has 12 aromatic rings. The molecule has 0 N–H and O–H groups in total. The number of rotatable bonds is 5. The van der Waals surface area contributed by atoms with Crippen LogP contribution in [0.25, 0.3) is 116 Å². The fourth-order valence-corrected chi connectivity index (χ4v) is 9.13. The molecule has 0 aliphatic rings. The van der Waals surface area contributed by atoms with Gasteiger partial charge < -0.3 is 4.57 Å². The molecule has 0 saturated carbocycles. The third kappa shape index (κ3) is 5.34. The molecule has 0 unspecified atom stereocenters. The van der Waals surface area contributed by atoms with Crippen molar-refractivity contribution in [3.05, 3.63) is 206 Å². The summed E-state index contributed by atoms with van der Waals surface area (Å²) in [5.74, 6) is 1.90. The zero-order chi connectivity index (χ0) is 38.9. The molecule has 0 saturated heterocycles. The van der Waals surface area contributed by atoms with Crippen molar-refractivity contribution in [1.29, 1.82) is 0 Å². The minimum Gasteiger partial charge on any atom is -0.309 e. The van der Waals surface area contributed by atoms with Crippen LogP contribution in [0.3, 0.4) is 0 Å². The Morgan fingerprint density at radius 1 is 0.288 bits per heavy atom. The van der Waals surface area contributed by atoms with E-state index in [1.165, 1.54) is 48.8 Å². The van der Waals surface area contributed by atoms with Crippen LogP contribution in [0, 0.1) is 0 Å². The highest BCUT2D eigenvalue weighted by atomic mass is 15.0. The van der Waals surface area contributed by atoms with E-state index >= 15 is 0 Å². The zero-order valence-electron chi connectivity index (χ0n) is 31.9. The molecule has 0 amide bonds. The number of benzene rings is 10. The first-order valence-corrected chi connectivity index (χ1v) is 20.0. The van der Waals surface area contributed by atoms with Crippen molar-refractivity contribution in [2.45, 2.75) is 0 Å². The molecule has 0 aliphatic carbocycles. The Balaban J connectivity index is 1.09. The molecule has 59 heavy (non-hydrogen) atoms. The maximum atomic E-state index is 5.31. The normalized spacial score (nSPS) is 11.7. The summed E-state index contributed by atoms with van der Waals surface area (Å²) in [5, 5.41) is 12.0. The van der Waals surface area contributed by atoms with Gasteiger partial charge in [0.05, 0.1) is 11.0 Å². The standard InChI is InChI=1S/C55H34N4/c1-3-16-36(17-4-1)53-56-54(38-28-32-51-49(34-38)44-25-13-14-26-50(44)59(51)39-19-5-2-6-20-39)58-55(57-53)47-31-30-45(42-23-11-12-24-43(42)47)52-41-22-10-8-18-37(41)33-48-40-21-9-7-15-35(40)27-29-46(48)52/h1-34H. The lowest BCUT2D eigenvalue weighted by Gasteiger charge is -2.17. The van der Waals surface area contributed by atoms with Gasteiger partial charge >= 0.3 is 0 Å². The Bertz CT molecular complexity index is 3610. The van der Waals surface area contributed by atoms with Crippen molar-refractivity contribution in [1.82, 2.24) is 19.5 Å². The number of hydrogen-bond donors (Lipinski definition) is 0. The van der Waals surface area contributed by atoms with Crippen molar-refractivity contribution >= 4 is 64.9 Å². The molecule has 0 bridgehead atoms. The van der Waals surface area contributed by atoms with E-state index in [0.29, 0.717) is 17.5 Å². The molecule has 2 aromatic heterocycles. The molecular formula is C55H34N4. The minimum atomic E-state index is 0.632. The number of para-hydroxylation sites is 2. The van der Waals surface area contributed by atoms with Crippen molar-refractivity contribution < 1.29 is 0 Å². The summed E-state index contributed by atoms with van der Waals surface area (Å²) in [6, 6.07) is 73.4. The van der Waals surface area contributed by atoms with E-state index in [2.05, 4.69) is 193 Å². The number of fused-ring (bicyclic) bond motifs is 8. The van der Waals surface area contributed by atoms with Gasteiger partial charge in [-0.15, -0.1) is 0 Å². The van der Waals surface area contributed by atoms with Crippen LogP contribution in [-0.2, 0) is 0 Å². The van der Waals surface area contributed by atoms with Gasteiger partial charge in [-0.2, -0.15) is 0 Å². The molecule has 274 valence electrons. The average Bonchev–Trinajstić information content (AvgIpc) is 3.64. The van der Waals surface area contributed by atoms with Crippen LogP contribution in [-0.4, -0.2) is 19.5 Å². The Morgan fingerprint density at radius 2 is 0.864 bits per heavy atom. The van der Waals surface area contributed by atoms with Crippen LogP contribution in [0.2, 0.25) is 0 Å². The first kappa shape index (κ1) is 33.2. The fourth-order valence-electron chi connectivity index (χ4n) is 9.13. The third-order valence-electron chi connectivity index (χ3n) is 11.8. The van der Waals surface area contributed by atoms with E-state index in [9.17, 15) is 0 Å². The molecule has 2 heterocycles. The van der Waals surface area contributed by atoms with Crippen LogP contribution in [0.15, 0.2) is 206 Å². The van der Waals surface area contributed by atoms with Gasteiger partial charge in [0.25, 0.3) is 0 Å². The Morgan fingerprint density at radius 3 is 1.66 bits per heavy atom. The number of aromatic nitrogens is 4. The summed E-state index contributed by atoms with van der Waals surface area (Å²) in [4.78, 5) is 15.7. The first-order chi connectivity index (χ1) is 29.3. The van der Waals surface area contributed by atoms with Gasteiger partial charge in [-0.25, -0.2) is 15.0 Å². The lowest BCUT2D eigenvalue weighted by molar-refractivity contribution is 1.08. The SMILES string of the molecule is c1ccc(-c2nc(-c3ccc4c(c3)c3ccccc3n4-c3ccccc3)nc(-c3ccc(-c4c5ccccc5cc5c4ccc4ccccc45)c4ccccc34)n2)cc1. The summed E-state index contributed by atoms with van der Waals surface area (Å²) in [7, 11) is 0. The molecule has 0 fully saturated rings. The summed E-state index contributed by atoms with van der Waals surface area (Å²) in [6.07, 6.45) is 0. The van der Waals surface area contributed by atoms with E-state index in [1.807, 2.05) is 18.2 Å². The van der Waals surface area contributed by atoms with Crippen LogP contribution in [0.5, 0.6) is 0 Å². The summed E-state index contributed by atoms with van der Waals surface area (Å²) in [6.45, 7) is 0. The maximum Gasteiger partial charge on any atom is 0.164 e. The zero-order valence-corrected chi connectivity index (χ0v) is 31.9. The summed E-state index contributed by atoms with van der Waals surface area (Å²) < 4.78 is 2.33. The van der Waals surface area contributed by atoms with Gasteiger partial charge in [0, 0.05) is 33.2 Å². The maximum absolute atomic E-state index is 5.31. The summed E-state index contributed by atoms with van der Waals surface area (Å²) in [5.41, 5.74) is 8.66. The highest BCUT2D eigenvalue weighted by Gasteiger charge is 2.20. The second kappa shape index (κ2) is 13.3. The van der Waals surface area contributed by atoms with Crippen molar-refractivity contribution in [3.8, 4) is 51.0 Å². The lowest BCUT2D eigenvalue weighted by Crippen LogP contribution is -2.01. The highest BCUT2D eigenvalue weighted by molar-refractivity contribution is 6.23. The fraction of sp³-hybridized carbons (Fsp3) is 0. The molecule has 12 rings (SSSR count). The van der Waals surface area contributed by atoms with Gasteiger partial charge in [0.1, 0.15) is 0 Å².